The fraction of sp³-hybridized carbons (Fsp3) is 0.278. The number of nitrogens with one attached hydrogen (secondary N) is 2. The lowest BCUT2D eigenvalue weighted by molar-refractivity contribution is -0.123. The molecule has 6 nitrogen and oxygen atoms in total. The monoisotopic (exact) mass is 328 g/mol. The predicted octanol–water partition coefficient (Wildman–Crippen LogP) is 2.04. The van der Waals surface area contributed by atoms with Gasteiger partial charge in [0.2, 0.25) is 5.91 Å². The minimum absolute atomic E-state index is 0.0441. The first-order chi connectivity index (χ1) is 11.4. The summed E-state index contributed by atoms with van der Waals surface area (Å²) in [5, 5.41) is 16.2. The molecule has 2 rings (SSSR count). The zero-order valence-electron chi connectivity index (χ0n) is 13.6. The lowest BCUT2D eigenvalue weighted by atomic mass is 10.0. The van der Waals surface area contributed by atoms with E-state index >= 15 is 0 Å². The van der Waals surface area contributed by atoms with Gasteiger partial charge in [0.25, 0.3) is 5.91 Å². The second-order valence-corrected chi connectivity index (χ2v) is 5.75. The normalized spacial score (nSPS) is 10.6. The molecule has 0 unspecified atom stereocenters. The molecular weight excluding hydrogens is 308 g/mol. The molecule has 2 aromatic rings. The van der Waals surface area contributed by atoms with Crippen LogP contribution in [0.15, 0.2) is 36.4 Å². The smallest absolute Gasteiger partial charge is 0.336 e. The third kappa shape index (κ3) is 4.10. The van der Waals surface area contributed by atoms with Gasteiger partial charge in [0.05, 0.1) is 11.1 Å². The fourth-order valence-corrected chi connectivity index (χ4v) is 2.27. The highest BCUT2D eigenvalue weighted by Crippen LogP contribution is 2.20. The Balaban J connectivity index is 2.12. The molecule has 0 spiro atoms. The predicted molar refractivity (Wildman–Crippen MR) is 91.1 cm³/mol. The van der Waals surface area contributed by atoms with Crippen LogP contribution in [0.2, 0.25) is 0 Å². The second-order valence-electron chi connectivity index (χ2n) is 5.75. The number of carbonyl (C=O) groups is 3. The van der Waals surface area contributed by atoms with Crippen LogP contribution in [-0.4, -0.2) is 36.0 Å². The molecule has 0 fully saturated rings. The van der Waals surface area contributed by atoms with Gasteiger partial charge in [-0.1, -0.05) is 38.1 Å². The summed E-state index contributed by atoms with van der Waals surface area (Å²) in [5.41, 5.74) is 0.0637. The molecule has 0 aliphatic rings. The Morgan fingerprint density at radius 1 is 0.958 bits per heavy atom. The van der Waals surface area contributed by atoms with Crippen molar-refractivity contribution in [2.24, 2.45) is 5.92 Å². The number of carbonyl (C=O) groups excluding carboxylic acids is 2. The Labute approximate surface area is 139 Å². The first-order valence-electron chi connectivity index (χ1n) is 7.72. The molecule has 0 aromatic heterocycles. The van der Waals surface area contributed by atoms with Gasteiger partial charge in [-0.2, -0.15) is 0 Å². The van der Waals surface area contributed by atoms with E-state index in [0.29, 0.717) is 6.54 Å². The van der Waals surface area contributed by atoms with Crippen molar-refractivity contribution >= 4 is 28.6 Å². The van der Waals surface area contributed by atoms with Gasteiger partial charge in [-0.15, -0.1) is 0 Å². The van der Waals surface area contributed by atoms with Crippen LogP contribution in [0.4, 0.5) is 0 Å². The number of carboxylic acid groups (broad SMARTS) is 1. The Bertz CT molecular complexity index is 784. The minimum atomic E-state index is -1.15. The van der Waals surface area contributed by atoms with Crippen molar-refractivity contribution in [2.75, 3.05) is 13.1 Å². The number of fused-ring (bicyclic) bond motifs is 1. The molecule has 0 radical (unpaired) electrons. The summed E-state index contributed by atoms with van der Waals surface area (Å²) in [6, 6.07) is 10.3. The highest BCUT2D eigenvalue weighted by molar-refractivity contribution is 6.08. The summed E-state index contributed by atoms with van der Waals surface area (Å²) >= 11 is 0. The summed E-state index contributed by atoms with van der Waals surface area (Å²) < 4.78 is 0. The van der Waals surface area contributed by atoms with E-state index in [2.05, 4.69) is 10.6 Å². The maximum absolute atomic E-state index is 12.3. The average molecular weight is 328 g/mol. The summed E-state index contributed by atoms with van der Waals surface area (Å²) in [6.07, 6.45) is 0. The molecule has 2 amide bonds. The van der Waals surface area contributed by atoms with Crippen molar-refractivity contribution < 1.29 is 19.5 Å². The van der Waals surface area contributed by atoms with E-state index in [-0.39, 0.29) is 29.5 Å². The number of benzene rings is 2. The van der Waals surface area contributed by atoms with Crippen molar-refractivity contribution in [2.45, 2.75) is 13.8 Å². The van der Waals surface area contributed by atoms with Crippen LogP contribution in [0.25, 0.3) is 10.8 Å². The van der Waals surface area contributed by atoms with Crippen LogP contribution in [0.5, 0.6) is 0 Å². The molecular formula is C18H20N2O4. The first-order valence-corrected chi connectivity index (χ1v) is 7.72. The third-order valence-electron chi connectivity index (χ3n) is 3.60. The quantitative estimate of drug-likeness (QED) is 0.707. The maximum atomic E-state index is 12.3. The van der Waals surface area contributed by atoms with Gasteiger partial charge in [-0.3, -0.25) is 9.59 Å². The molecule has 2 aromatic carbocycles. The van der Waals surface area contributed by atoms with Crippen molar-refractivity contribution in [3.8, 4) is 0 Å². The molecule has 6 heteroatoms. The third-order valence-corrected chi connectivity index (χ3v) is 3.60. The Morgan fingerprint density at radius 3 is 2.04 bits per heavy atom. The summed E-state index contributed by atoms with van der Waals surface area (Å²) in [4.78, 5) is 35.2. The van der Waals surface area contributed by atoms with Gasteiger partial charge in [-0.25, -0.2) is 4.79 Å². The number of hydrogen-bond donors (Lipinski definition) is 3. The lowest BCUT2D eigenvalue weighted by Gasteiger charge is -2.11. The minimum Gasteiger partial charge on any atom is -0.478 e. The van der Waals surface area contributed by atoms with Gasteiger partial charge in [-0.05, 0) is 22.9 Å². The standard InChI is InChI=1S/C18H20N2O4/c1-11(2)16(21)19-7-8-20-17(22)14-9-12-5-3-4-6-13(12)10-15(14)18(23)24/h3-6,9-11H,7-8H2,1-2H3,(H,19,21)(H,20,22)(H,23,24). The van der Waals surface area contributed by atoms with Gasteiger partial charge in [0.1, 0.15) is 0 Å². The zero-order chi connectivity index (χ0) is 17.7. The van der Waals surface area contributed by atoms with Gasteiger partial charge in [0.15, 0.2) is 0 Å². The van der Waals surface area contributed by atoms with Crippen LogP contribution in [-0.2, 0) is 4.79 Å². The van der Waals surface area contributed by atoms with Crippen LogP contribution < -0.4 is 10.6 Å². The molecule has 0 atom stereocenters. The topological polar surface area (TPSA) is 95.5 Å². The van der Waals surface area contributed by atoms with Gasteiger partial charge in [0, 0.05) is 19.0 Å². The van der Waals surface area contributed by atoms with E-state index < -0.39 is 11.9 Å². The number of aromatic carboxylic acids is 1. The van der Waals surface area contributed by atoms with Crippen LogP contribution >= 0.6 is 0 Å². The van der Waals surface area contributed by atoms with Crippen molar-refractivity contribution in [1.29, 1.82) is 0 Å². The Morgan fingerprint density at radius 2 is 1.50 bits per heavy atom. The summed E-state index contributed by atoms with van der Waals surface area (Å²) in [7, 11) is 0. The molecule has 0 aliphatic carbocycles. The highest BCUT2D eigenvalue weighted by atomic mass is 16.4. The average Bonchev–Trinajstić information content (AvgIpc) is 2.56. The van der Waals surface area contributed by atoms with E-state index in [1.54, 1.807) is 26.0 Å². The Kier molecular flexibility index (Phi) is 5.52. The number of hydrogen-bond acceptors (Lipinski definition) is 3. The lowest BCUT2D eigenvalue weighted by Crippen LogP contribution is -2.36. The highest BCUT2D eigenvalue weighted by Gasteiger charge is 2.17. The van der Waals surface area contributed by atoms with Crippen molar-refractivity contribution in [3.63, 3.8) is 0 Å². The SMILES string of the molecule is CC(C)C(=O)NCCNC(=O)c1cc2ccccc2cc1C(=O)O. The summed E-state index contributed by atoms with van der Waals surface area (Å²) in [5.74, 6) is -1.85. The number of rotatable bonds is 6. The van der Waals surface area contributed by atoms with Crippen molar-refractivity contribution in [1.82, 2.24) is 10.6 Å². The van der Waals surface area contributed by atoms with E-state index in [1.165, 1.54) is 6.07 Å². The number of amides is 2. The molecule has 0 heterocycles. The largest absolute Gasteiger partial charge is 0.478 e. The van der Waals surface area contributed by atoms with E-state index in [9.17, 15) is 19.5 Å². The number of carboxylic acids is 1. The van der Waals surface area contributed by atoms with Crippen LogP contribution in [0.1, 0.15) is 34.6 Å². The molecule has 0 saturated heterocycles. The second kappa shape index (κ2) is 7.59. The maximum Gasteiger partial charge on any atom is 0.336 e. The molecule has 24 heavy (non-hydrogen) atoms. The molecule has 0 aliphatic heterocycles. The molecule has 0 saturated carbocycles. The first kappa shape index (κ1) is 17.5. The zero-order valence-corrected chi connectivity index (χ0v) is 13.6. The van der Waals surface area contributed by atoms with E-state index in [0.717, 1.165) is 10.8 Å². The van der Waals surface area contributed by atoms with E-state index in [1.807, 2.05) is 18.2 Å². The van der Waals surface area contributed by atoms with E-state index in [4.69, 9.17) is 0 Å². The summed E-state index contributed by atoms with van der Waals surface area (Å²) in [6.45, 7) is 4.08. The fourth-order valence-electron chi connectivity index (χ4n) is 2.27. The Hall–Kier alpha value is -2.89. The van der Waals surface area contributed by atoms with Gasteiger partial charge >= 0.3 is 5.97 Å². The molecule has 3 N–H and O–H groups in total. The van der Waals surface area contributed by atoms with Crippen molar-refractivity contribution in [3.05, 3.63) is 47.5 Å². The molecule has 126 valence electrons. The molecule has 0 bridgehead atoms. The van der Waals surface area contributed by atoms with Gasteiger partial charge < -0.3 is 15.7 Å². The van der Waals surface area contributed by atoms with Crippen LogP contribution in [0, 0.1) is 5.92 Å². The van der Waals surface area contributed by atoms with Crippen LogP contribution in [0.3, 0.4) is 0 Å².